The van der Waals surface area contributed by atoms with Gasteiger partial charge >= 0.3 is 0 Å². The first-order valence-corrected chi connectivity index (χ1v) is 6.54. The van der Waals surface area contributed by atoms with Crippen molar-refractivity contribution < 1.29 is 9.18 Å². The molecule has 0 radical (unpaired) electrons. The van der Waals surface area contributed by atoms with E-state index in [4.69, 9.17) is 5.84 Å². The predicted octanol–water partition coefficient (Wildman–Crippen LogP) is 1.66. The fourth-order valence-corrected chi connectivity index (χ4v) is 2.75. The highest BCUT2D eigenvalue weighted by molar-refractivity contribution is 5.93. The summed E-state index contributed by atoms with van der Waals surface area (Å²) in [7, 11) is 0. The topological polar surface area (TPSA) is 58.4 Å². The number of nitrogens with two attached hydrogens (primary N) is 1. The molecule has 1 saturated heterocycles. The van der Waals surface area contributed by atoms with Gasteiger partial charge in [0.1, 0.15) is 5.82 Å². The van der Waals surface area contributed by atoms with Crippen LogP contribution < -0.4 is 11.3 Å². The van der Waals surface area contributed by atoms with Gasteiger partial charge in [0.15, 0.2) is 0 Å². The molecule has 0 spiro atoms. The van der Waals surface area contributed by atoms with Gasteiger partial charge in [-0.25, -0.2) is 10.2 Å². The fraction of sp³-hybridized carbons (Fsp3) is 0.500. The second kappa shape index (κ2) is 5.67. The van der Waals surface area contributed by atoms with E-state index in [1.807, 2.05) is 0 Å². The van der Waals surface area contributed by atoms with Crippen molar-refractivity contribution in [3.05, 3.63) is 35.1 Å². The van der Waals surface area contributed by atoms with Crippen LogP contribution >= 0.6 is 0 Å². The van der Waals surface area contributed by atoms with Gasteiger partial charge in [0.25, 0.3) is 5.91 Å². The molecule has 104 valence electrons. The van der Waals surface area contributed by atoms with Crippen LogP contribution in [0.15, 0.2) is 18.2 Å². The molecule has 5 heteroatoms. The number of rotatable bonds is 3. The van der Waals surface area contributed by atoms with E-state index in [2.05, 4.69) is 24.2 Å². The number of carbonyl (C=O) groups excluding carboxylic acids is 1. The van der Waals surface area contributed by atoms with E-state index in [0.717, 1.165) is 13.0 Å². The number of halogens is 1. The molecule has 1 aliphatic heterocycles. The number of hydrazine groups is 1. The molecule has 1 aliphatic rings. The first kappa shape index (κ1) is 14.0. The maximum absolute atomic E-state index is 13.8. The van der Waals surface area contributed by atoms with E-state index in [1.54, 1.807) is 6.07 Å². The van der Waals surface area contributed by atoms with Crippen LogP contribution in [0.3, 0.4) is 0 Å². The Bertz CT molecular complexity index is 478. The Morgan fingerprint density at radius 1 is 1.53 bits per heavy atom. The third kappa shape index (κ3) is 3.11. The molecule has 2 atom stereocenters. The number of carbonyl (C=O) groups is 1. The smallest absolute Gasteiger partial charge is 0.265 e. The molecule has 3 N–H and O–H groups in total. The lowest BCUT2D eigenvalue weighted by molar-refractivity contribution is 0.0953. The first-order chi connectivity index (χ1) is 9.01. The first-order valence-electron chi connectivity index (χ1n) is 6.54. The second-order valence-electron chi connectivity index (χ2n) is 5.40. The SMILES string of the molecule is CC1CC(C)N(Cc2cc(C(=O)NN)ccc2F)C1. The van der Waals surface area contributed by atoms with Crippen LogP contribution in [0.4, 0.5) is 4.39 Å². The van der Waals surface area contributed by atoms with E-state index < -0.39 is 5.91 Å². The molecule has 19 heavy (non-hydrogen) atoms. The van der Waals surface area contributed by atoms with Gasteiger partial charge in [0, 0.05) is 30.3 Å². The molecule has 1 aromatic rings. The van der Waals surface area contributed by atoms with Gasteiger partial charge in [-0.1, -0.05) is 6.92 Å². The van der Waals surface area contributed by atoms with Gasteiger partial charge < -0.3 is 0 Å². The number of amides is 1. The van der Waals surface area contributed by atoms with Crippen molar-refractivity contribution in [3.8, 4) is 0 Å². The number of likely N-dealkylation sites (tertiary alicyclic amines) is 1. The van der Waals surface area contributed by atoms with E-state index in [1.165, 1.54) is 12.1 Å². The average molecular weight is 265 g/mol. The molecule has 1 heterocycles. The Hall–Kier alpha value is -1.46. The summed E-state index contributed by atoms with van der Waals surface area (Å²) in [5.41, 5.74) is 2.99. The summed E-state index contributed by atoms with van der Waals surface area (Å²) in [6.07, 6.45) is 1.13. The average Bonchev–Trinajstić information content (AvgIpc) is 2.69. The van der Waals surface area contributed by atoms with Crippen LogP contribution in [-0.4, -0.2) is 23.4 Å². The maximum atomic E-state index is 13.8. The Kier molecular flexibility index (Phi) is 4.17. The van der Waals surface area contributed by atoms with Crippen molar-refractivity contribution in [2.45, 2.75) is 32.9 Å². The zero-order valence-corrected chi connectivity index (χ0v) is 11.3. The fourth-order valence-electron chi connectivity index (χ4n) is 2.75. The Balaban J connectivity index is 2.17. The largest absolute Gasteiger partial charge is 0.296 e. The number of hydrogen-bond donors (Lipinski definition) is 2. The minimum Gasteiger partial charge on any atom is -0.296 e. The second-order valence-corrected chi connectivity index (χ2v) is 5.40. The lowest BCUT2D eigenvalue weighted by Crippen LogP contribution is -2.30. The summed E-state index contributed by atoms with van der Waals surface area (Å²) in [6.45, 7) is 5.85. The Morgan fingerprint density at radius 3 is 2.84 bits per heavy atom. The minimum atomic E-state index is -0.399. The molecule has 2 unspecified atom stereocenters. The standard InChI is InChI=1S/C14H20FN3O/c1-9-5-10(2)18(7-9)8-12-6-11(14(19)17-16)3-4-13(12)15/h3-4,6,9-10H,5,7-8,16H2,1-2H3,(H,17,19). The van der Waals surface area contributed by atoms with Gasteiger partial charge in [-0.2, -0.15) is 0 Å². The van der Waals surface area contributed by atoms with E-state index in [9.17, 15) is 9.18 Å². The zero-order chi connectivity index (χ0) is 14.0. The molecule has 0 saturated carbocycles. The van der Waals surface area contributed by atoms with E-state index >= 15 is 0 Å². The van der Waals surface area contributed by atoms with E-state index in [-0.39, 0.29) is 5.82 Å². The zero-order valence-electron chi connectivity index (χ0n) is 11.3. The molecule has 0 aliphatic carbocycles. The van der Waals surface area contributed by atoms with Gasteiger partial charge in [0.05, 0.1) is 0 Å². The summed E-state index contributed by atoms with van der Waals surface area (Å²) in [4.78, 5) is 13.7. The molecular weight excluding hydrogens is 245 g/mol. The minimum absolute atomic E-state index is 0.277. The monoisotopic (exact) mass is 265 g/mol. The molecule has 0 bridgehead atoms. The van der Waals surface area contributed by atoms with Crippen molar-refractivity contribution in [2.75, 3.05) is 6.54 Å². The molecule has 4 nitrogen and oxygen atoms in total. The summed E-state index contributed by atoms with van der Waals surface area (Å²) >= 11 is 0. The van der Waals surface area contributed by atoms with Gasteiger partial charge in [-0.05, 0) is 37.5 Å². The number of hydrogen-bond acceptors (Lipinski definition) is 3. The van der Waals surface area contributed by atoms with Crippen LogP contribution in [0.25, 0.3) is 0 Å². The summed E-state index contributed by atoms with van der Waals surface area (Å²) < 4.78 is 13.8. The van der Waals surface area contributed by atoms with Gasteiger partial charge in [-0.15, -0.1) is 0 Å². The molecule has 1 amide bonds. The van der Waals surface area contributed by atoms with Gasteiger partial charge in [-0.3, -0.25) is 15.1 Å². The third-order valence-electron chi connectivity index (χ3n) is 3.73. The lowest BCUT2D eigenvalue weighted by Gasteiger charge is -2.21. The van der Waals surface area contributed by atoms with Crippen LogP contribution in [0.5, 0.6) is 0 Å². The molecule has 1 fully saturated rings. The lowest BCUT2D eigenvalue weighted by atomic mass is 10.1. The number of nitrogen functional groups attached to an aromatic ring is 1. The summed E-state index contributed by atoms with van der Waals surface area (Å²) in [5.74, 6) is 5.05. The molecular formula is C14H20FN3O. The predicted molar refractivity (Wildman–Crippen MR) is 71.7 cm³/mol. The highest BCUT2D eigenvalue weighted by atomic mass is 19.1. The summed E-state index contributed by atoms with van der Waals surface area (Å²) in [5, 5.41) is 0. The highest BCUT2D eigenvalue weighted by Crippen LogP contribution is 2.25. The van der Waals surface area contributed by atoms with Crippen molar-refractivity contribution in [1.82, 2.24) is 10.3 Å². The molecule has 0 aromatic heterocycles. The Labute approximate surface area is 112 Å². The van der Waals surface area contributed by atoms with Crippen LogP contribution in [0.1, 0.15) is 36.2 Å². The normalized spacial score (nSPS) is 23.6. The maximum Gasteiger partial charge on any atom is 0.265 e. The number of nitrogens with zero attached hydrogens (tertiary/aromatic N) is 1. The van der Waals surface area contributed by atoms with Crippen LogP contribution in [0.2, 0.25) is 0 Å². The number of benzene rings is 1. The Morgan fingerprint density at radius 2 is 2.26 bits per heavy atom. The highest BCUT2D eigenvalue weighted by Gasteiger charge is 2.26. The quantitative estimate of drug-likeness (QED) is 0.496. The van der Waals surface area contributed by atoms with Crippen LogP contribution in [-0.2, 0) is 6.54 Å². The van der Waals surface area contributed by atoms with Gasteiger partial charge in [0.2, 0.25) is 0 Å². The summed E-state index contributed by atoms with van der Waals surface area (Å²) in [6, 6.07) is 4.79. The molecule has 2 rings (SSSR count). The molecule has 1 aromatic carbocycles. The van der Waals surface area contributed by atoms with Crippen molar-refractivity contribution in [2.24, 2.45) is 11.8 Å². The van der Waals surface area contributed by atoms with Crippen molar-refractivity contribution in [1.29, 1.82) is 0 Å². The van der Waals surface area contributed by atoms with Crippen molar-refractivity contribution >= 4 is 5.91 Å². The van der Waals surface area contributed by atoms with Crippen LogP contribution in [0, 0.1) is 11.7 Å². The van der Waals surface area contributed by atoms with E-state index in [0.29, 0.717) is 29.6 Å². The number of nitrogens with one attached hydrogen (secondary N) is 1. The third-order valence-corrected chi connectivity index (χ3v) is 3.73. The van der Waals surface area contributed by atoms with Crippen molar-refractivity contribution in [3.63, 3.8) is 0 Å².